The molecule has 0 spiro atoms. The van der Waals surface area contributed by atoms with Crippen molar-refractivity contribution in [1.82, 2.24) is 9.97 Å². The molecule has 0 aliphatic heterocycles. The second-order valence-corrected chi connectivity index (χ2v) is 6.06. The smallest absolute Gasteiger partial charge is 0.228 e. The molecule has 2 aromatic heterocycles. The predicted molar refractivity (Wildman–Crippen MR) is 94.1 cm³/mol. The van der Waals surface area contributed by atoms with E-state index in [0.717, 1.165) is 27.7 Å². The Balaban J connectivity index is 1.59. The van der Waals surface area contributed by atoms with E-state index in [9.17, 15) is 9.18 Å². The average Bonchev–Trinajstić information content (AvgIpc) is 3.06. The van der Waals surface area contributed by atoms with E-state index >= 15 is 0 Å². The Kier molecular flexibility index (Phi) is 3.53. The van der Waals surface area contributed by atoms with Crippen LogP contribution in [0.25, 0.3) is 22.0 Å². The van der Waals surface area contributed by atoms with Crippen LogP contribution in [0.3, 0.4) is 0 Å². The van der Waals surface area contributed by atoms with Gasteiger partial charge in [0.1, 0.15) is 11.3 Å². The fourth-order valence-electron chi connectivity index (χ4n) is 3.07. The lowest BCUT2D eigenvalue weighted by molar-refractivity contribution is -0.115. The summed E-state index contributed by atoms with van der Waals surface area (Å²) in [6.45, 7) is 3.65. The lowest BCUT2D eigenvalue weighted by atomic mass is 10.1. The molecule has 0 atom stereocenters. The number of amides is 1. The third-order valence-corrected chi connectivity index (χ3v) is 4.20. The molecular formula is C19H16FN3O2. The van der Waals surface area contributed by atoms with Crippen molar-refractivity contribution in [2.75, 3.05) is 5.32 Å². The van der Waals surface area contributed by atoms with E-state index in [-0.39, 0.29) is 18.1 Å². The van der Waals surface area contributed by atoms with E-state index < -0.39 is 0 Å². The number of nitrogens with one attached hydrogen (secondary N) is 2. The number of oxazole rings is 1. The third-order valence-electron chi connectivity index (χ3n) is 4.20. The van der Waals surface area contributed by atoms with Crippen LogP contribution in [0, 0.1) is 19.7 Å². The molecule has 0 unspecified atom stereocenters. The van der Waals surface area contributed by atoms with Crippen LogP contribution in [0.2, 0.25) is 0 Å². The predicted octanol–water partition coefficient (Wildman–Crippen LogP) is 4.25. The minimum Gasteiger partial charge on any atom is -0.441 e. The Morgan fingerprint density at radius 3 is 2.92 bits per heavy atom. The number of aromatic amines is 1. The number of halogens is 1. The van der Waals surface area contributed by atoms with Crippen LogP contribution in [0.15, 0.2) is 40.8 Å². The van der Waals surface area contributed by atoms with E-state index in [0.29, 0.717) is 17.2 Å². The van der Waals surface area contributed by atoms with Crippen LogP contribution >= 0.6 is 0 Å². The van der Waals surface area contributed by atoms with Crippen LogP contribution in [0.4, 0.5) is 10.1 Å². The Labute approximate surface area is 142 Å². The molecule has 0 aliphatic carbocycles. The number of benzene rings is 2. The van der Waals surface area contributed by atoms with Crippen molar-refractivity contribution in [3.05, 3.63) is 59.4 Å². The van der Waals surface area contributed by atoms with Crippen molar-refractivity contribution in [2.24, 2.45) is 0 Å². The summed E-state index contributed by atoms with van der Waals surface area (Å²) in [5, 5.41) is 3.58. The van der Waals surface area contributed by atoms with Crippen LogP contribution in [0.1, 0.15) is 17.1 Å². The topological polar surface area (TPSA) is 70.9 Å². The number of H-pyrrole nitrogens is 1. The molecule has 4 rings (SSSR count). The number of fused-ring (bicyclic) bond motifs is 2. The summed E-state index contributed by atoms with van der Waals surface area (Å²) >= 11 is 0. The standard InChI is InChI=1S/C19H16FN3O2/c1-10-14(15-7-12(20)3-5-16(15)21-10)9-19(24)23-13-4-6-17-18(8-13)25-11(2)22-17/h3-8,21H,9H2,1-2H3,(H,23,24). The Morgan fingerprint density at radius 1 is 1.24 bits per heavy atom. The lowest BCUT2D eigenvalue weighted by Gasteiger charge is -2.05. The van der Waals surface area contributed by atoms with E-state index in [2.05, 4.69) is 15.3 Å². The molecule has 6 heteroatoms. The zero-order valence-electron chi connectivity index (χ0n) is 13.8. The van der Waals surface area contributed by atoms with Gasteiger partial charge in [-0.1, -0.05) is 0 Å². The third kappa shape index (κ3) is 2.87. The largest absolute Gasteiger partial charge is 0.441 e. The SMILES string of the molecule is Cc1nc2ccc(NC(=O)Cc3c(C)[nH]c4ccc(F)cc34)cc2o1. The summed E-state index contributed by atoms with van der Waals surface area (Å²) in [6, 6.07) is 9.85. The van der Waals surface area contributed by atoms with Gasteiger partial charge in [0.05, 0.1) is 6.42 Å². The van der Waals surface area contributed by atoms with Crippen LogP contribution in [-0.4, -0.2) is 15.9 Å². The summed E-state index contributed by atoms with van der Waals surface area (Å²) in [7, 11) is 0. The summed E-state index contributed by atoms with van der Waals surface area (Å²) in [6.07, 6.45) is 0.156. The number of carbonyl (C=O) groups excluding carboxylic acids is 1. The van der Waals surface area contributed by atoms with Crippen molar-refractivity contribution in [1.29, 1.82) is 0 Å². The first-order valence-electron chi connectivity index (χ1n) is 7.93. The number of aryl methyl sites for hydroxylation is 2. The molecule has 0 fully saturated rings. The summed E-state index contributed by atoms with van der Waals surface area (Å²) < 4.78 is 19.0. The van der Waals surface area contributed by atoms with Crippen molar-refractivity contribution < 1.29 is 13.6 Å². The number of anilines is 1. The molecule has 0 bridgehead atoms. The number of aromatic nitrogens is 2. The molecule has 1 amide bonds. The van der Waals surface area contributed by atoms with Gasteiger partial charge in [-0.05, 0) is 42.8 Å². The van der Waals surface area contributed by atoms with Gasteiger partial charge in [0, 0.05) is 35.3 Å². The van der Waals surface area contributed by atoms with Gasteiger partial charge in [-0.2, -0.15) is 0 Å². The minimum atomic E-state index is -0.320. The van der Waals surface area contributed by atoms with Crippen molar-refractivity contribution >= 4 is 33.6 Å². The van der Waals surface area contributed by atoms with E-state index in [4.69, 9.17) is 4.42 Å². The Hall–Kier alpha value is -3.15. The highest BCUT2D eigenvalue weighted by Gasteiger charge is 2.14. The van der Waals surface area contributed by atoms with Gasteiger partial charge in [0.15, 0.2) is 11.5 Å². The average molecular weight is 337 g/mol. The lowest BCUT2D eigenvalue weighted by Crippen LogP contribution is -2.14. The number of hydrogen-bond donors (Lipinski definition) is 2. The molecule has 4 aromatic rings. The quantitative estimate of drug-likeness (QED) is 0.587. The molecule has 2 aromatic carbocycles. The van der Waals surface area contributed by atoms with Gasteiger partial charge >= 0.3 is 0 Å². The maximum absolute atomic E-state index is 13.5. The van der Waals surface area contributed by atoms with Crippen molar-refractivity contribution in [3.8, 4) is 0 Å². The van der Waals surface area contributed by atoms with Crippen LogP contribution < -0.4 is 5.32 Å². The van der Waals surface area contributed by atoms with Gasteiger partial charge in [-0.25, -0.2) is 9.37 Å². The van der Waals surface area contributed by atoms with Crippen LogP contribution in [0.5, 0.6) is 0 Å². The molecule has 0 aliphatic rings. The van der Waals surface area contributed by atoms with Gasteiger partial charge in [-0.3, -0.25) is 4.79 Å². The monoisotopic (exact) mass is 337 g/mol. The highest BCUT2D eigenvalue weighted by atomic mass is 19.1. The maximum Gasteiger partial charge on any atom is 0.228 e. The van der Waals surface area contributed by atoms with Crippen molar-refractivity contribution in [2.45, 2.75) is 20.3 Å². The zero-order valence-corrected chi connectivity index (χ0v) is 13.8. The van der Waals surface area contributed by atoms with E-state index in [1.165, 1.54) is 12.1 Å². The molecule has 5 nitrogen and oxygen atoms in total. The molecule has 0 saturated heterocycles. The highest BCUT2D eigenvalue weighted by molar-refractivity contribution is 5.97. The number of rotatable bonds is 3. The number of nitrogens with zero attached hydrogens (tertiary/aromatic N) is 1. The molecular weight excluding hydrogens is 321 g/mol. The van der Waals surface area contributed by atoms with Gasteiger partial charge < -0.3 is 14.7 Å². The molecule has 0 saturated carbocycles. The van der Waals surface area contributed by atoms with E-state index in [1.54, 1.807) is 31.2 Å². The number of hydrogen-bond acceptors (Lipinski definition) is 3. The van der Waals surface area contributed by atoms with Gasteiger partial charge in [-0.15, -0.1) is 0 Å². The Morgan fingerprint density at radius 2 is 2.08 bits per heavy atom. The van der Waals surface area contributed by atoms with Gasteiger partial charge in [0.2, 0.25) is 5.91 Å². The fraction of sp³-hybridized carbons (Fsp3) is 0.158. The fourth-order valence-corrected chi connectivity index (χ4v) is 3.07. The molecule has 0 radical (unpaired) electrons. The molecule has 2 N–H and O–H groups in total. The summed E-state index contributed by atoms with van der Waals surface area (Å²) in [5.74, 6) is 0.0815. The first-order valence-corrected chi connectivity index (χ1v) is 7.93. The first kappa shape index (κ1) is 15.4. The number of carbonyl (C=O) groups is 1. The summed E-state index contributed by atoms with van der Waals surface area (Å²) in [5.41, 5.74) is 4.48. The van der Waals surface area contributed by atoms with Crippen LogP contribution in [-0.2, 0) is 11.2 Å². The van der Waals surface area contributed by atoms with Gasteiger partial charge in [0.25, 0.3) is 0 Å². The highest BCUT2D eigenvalue weighted by Crippen LogP contribution is 2.24. The van der Waals surface area contributed by atoms with E-state index in [1.807, 2.05) is 6.92 Å². The van der Waals surface area contributed by atoms with Crippen molar-refractivity contribution in [3.63, 3.8) is 0 Å². The molecule has 126 valence electrons. The minimum absolute atomic E-state index is 0.156. The Bertz CT molecular complexity index is 1110. The molecule has 2 heterocycles. The zero-order chi connectivity index (χ0) is 17.6. The summed E-state index contributed by atoms with van der Waals surface area (Å²) in [4.78, 5) is 19.8. The second kappa shape index (κ2) is 5.73. The molecule has 25 heavy (non-hydrogen) atoms. The normalized spacial score (nSPS) is 11.3. The second-order valence-electron chi connectivity index (χ2n) is 6.06. The first-order chi connectivity index (χ1) is 12.0. The maximum atomic E-state index is 13.5.